The highest BCUT2D eigenvalue weighted by Gasteiger charge is 2.35. The van der Waals surface area contributed by atoms with Crippen molar-refractivity contribution in [2.75, 3.05) is 13.2 Å². The molecule has 0 bridgehead atoms. The smallest absolute Gasteiger partial charge is 0.370 e. The number of hydrogen-bond donors (Lipinski definition) is 3. The highest BCUT2D eigenvalue weighted by atomic mass is 16.5. The number of hydrogen-bond acceptors (Lipinski definition) is 4. The number of nitrogens with one attached hydrogen (secondary N) is 1. The molecule has 2 atom stereocenters. The molecule has 0 fully saturated rings. The molecule has 164 valence electrons. The van der Waals surface area contributed by atoms with E-state index in [1.54, 1.807) is 13.0 Å². The van der Waals surface area contributed by atoms with Crippen molar-refractivity contribution in [2.45, 2.75) is 44.7 Å². The standard InChI is InChI=1S/C24H28N2O5/c1-2-31-24(30)20(14-12-17-8-4-3-5-9-17)25-19-15-13-18-10-6-7-11-21(18)26(23(19)29)16-22(27)28/h3-11,19-20,25H,2,12-16H2,1H3,(H,27,28)/p+1/t19-,20?/m0/s1. The van der Waals surface area contributed by atoms with Crippen molar-refractivity contribution in [3.63, 3.8) is 0 Å². The van der Waals surface area contributed by atoms with Gasteiger partial charge in [0.05, 0.1) is 6.61 Å². The first kappa shape index (κ1) is 22.5. The lowest BCUT2D eigenvalue weighted by Crippen LogP contribution is -2.49. The van der Waals surface area contributed by atoms with E-state index in [9.17, 15) is 19.8 Å². The van der Waals surface area contributed by atoms with Crippen LogP contribution in [0.1, 0.15) is 30.9 Å². The Morgan fingerprint density at radius 1 is 1.16 bits per heavy atom. The van der Waals surface area contributed by atoms with Crippen LogP contribution in [0, 0.1) is 0 Å². The molecule has 7 heteroatoms. The molecular weight excluding hydrogens is 396 g/mol. The Morgan fingerprint density at radius 3 is 2.58 bits per heavy atom. The number of carboxylic acid groups (broad SMARTS) is 1. The third-order valence-corrected chi connectivity index (χ3v) is 5.40. The van der Waals surface area contributed by atoms with Crippen LogP contribution in [0.5, 0.6) is 0 Å². The van der Waals surface area contributed by atoms with Crippen LogP contribution >= 0.6 is 0 Å². The molecule has 2 aromatic carbocycles. The van der Waals surface area contributed by atoms with E-state index in [2.05, 4.69) is 5.32 Å². The number of rotatable bonds is 9. The molecule has 0 aromatic heterocycles. The second-order valence-electron chi connectivity index (χ2n) is 7.55. The molecule has 3 rings (SSSR count). The summed E-state index contributed by atoms with van der Waals surface area (Å²) in [5, 5.41) is 23.6. The van der Waals surface area contributed by atoms with Crippen LogP contribution in [-0.2, 0) is 27.2 Å². The summed E-state index contributed by atoms with van der Waals surface area (Å²) in [6.07, 6.45) is 2.34. The molecule has 0 saturated heterocycles. The van der Waals surface area contributed by atoms with Crippen molar-refractivity contribution in [1.29, 1.82) is 0 Å². The number of aliphatic hydroxyl groups is 1. The lowest BCUT2D eigenvalue weighted by atomic mass is 10.0. The highest BCUT2D eigenvalue weighted by Crippen LogP contribution is 2.25. The Balaban J connectivity index is 1.85. The predicted octanol–water partition coefficient (Wildman–Crippen LogP) is 2.84. The maximum absolute atomic E-state index is 12.6. The maximum atomic E-state index is 12.6. The summed E-state index contributed by atoms with van der Waals surface area (Å²) in [4.78, 5) is 24.1. The van der Waals surface area contributed by atoms with Gasteiger partial charge in [-0.05, 0) is 38.2 Å². The van der Waals surface area contributed by atoms with E-state index in [0.29, 0.717) is 31.4 Å². The second-order valence-corrected chi connectivity index (χ2v) is 7.55. The molecule has 7 nitrogen and oxygen atoms in total. The van der Waals surface area contributed by atoms with Crippen molar-refractivity contribution in [2.24, 2.45) is 0 Å². The van der Waals surface area contributed by atoms with Crippen LogP contribution in [0.2, 0.25) is 0 Å². The van der Waals surface area contributed by atoms with Gasteiger partial charge in [0.15, 0.2) is 0 Å². The zero-order valence-electron chi connectivity index (χ0n) is 17.7. The number of aliphatic hydroxyl groups excluding tert-OH is 1. The summed E-state index contributed by atoms with van der Waals surface area (Å²) >= 11 is 0. The summed E-state index contributed by atoms with van der Waals surface area (Å²) in [5.74, 6) is -1.52. The van der Waals surface area contributed by atoms with Crippen molar-refractivity contribution < 1.29 is 29.1 Å². The number of ether oxygens (including phenoxy) is 1. The first-order chi connectivity index (χ1) is 15.0. The predicted molar refractivity (Wildman–Crippen MR) is 117 cm³/mol. The van der Waals surface area contributed by atoms with Crippen LogP contribution in [-0.4, -0.2) is 57.9 Å². The number of esters is 1. The zero-order valence-corrected chi connectivity index (χ0v) is 17.7. The Hall–Kier alpha value is -3.19. The first-order valence-corrected chi connectivity index (χ1v) is 10.6. The van der Waals surface area contributed by atoms with E-state index in [0.717, 1.165) is 11.1 Å². The minimum Gasteiger partial charge on any atom is -0.477 e. The van der Waals surface area contributed by atoms with Gasteiger partial charge >= 0.3 is 17.8 Å². The fourth-order valence-electron chi connectivity index (χ4n) is 3.90. The Morgan fingerprint density at radius 2 is 1.87 bits per heavy atom. The number of fused-ring (bicyclic) bond motifs is 1. The summed E-state index contributed by atoms with van der Waals surface area (Å²) in [6.45, 7) is 1.65. The molecule has 1 aliphatic rings. The number of carbonyl (C=O) groups is 2. The van der Waals surface area contributed by atoms with Gasteiger partial charge in [0.25, 0.3) is 0 Å². The molecule has 0 saturated carbocycles. The van der Waals surface area contributed by atoms with Crippen LogP contribution in [0.25, 0.3) is 0 Å². The average molecular weight is 426 g/mol. The fourth-order valence-corrected chi connectivity index (χ4v) is 3.90. The largest absolute Gasteiger partial charge is 0.477 e. The minimum atomic E-state index is -1.05. The molecule has 0 amide bonds. The molecular formula is C24H29N2O5+. The SMILES string of the molecule is CCOC(=O)C(CCc1ccccc1)N[C@H]1CCc2ccccc2[N+](CC(=O)O)=C1O. The van der Waals surface area contributed by atoms with Gasteiger partial charge in [-0.15, -0.1) is 0 Å². The van der Waals surface area contributed by atoms with Gasteiger partial charge in [0.1, 0.15) is 12.1 Å². The van der Waals surface area contributed by atoms with Crippen molar-refractivity contribution in [1.82, 2.24) is 5.32 Å². The van der Waals surface area contributed by atoms with Gasteiger partial charge in [-0.2, -0.15) is 4.58 Å². The minimum absolute atomic E-state index is 0.0960. The lowest BCUT2D eigenvalue weighted by Gasteiger charge is -2.21. The van der Waals surface area contributed by atoms with E-state index in [4.69, 9.17) is 4.74 Å². The normalized spacial score (nSPS) is 16.9. The third-order valence-electron chi connectivity index (χ3n) is 5.40. The number of nitrogens with zero attached hydrogens (tertiary/aromatic N) is 1. The summed E-state index contributed by atoms with van der Waals surface area (Å²) in [5.41, 5.74) is 2.73. The van der Waals surface area contributed by atoms with E-state index >= 15 is 0 Å². The van der Waals surface area contributed by atoms with Gasteiger partial charge in [-0.3, -0.25) is 10.1 Å². The number of aliphatic carboxylic acids is 1. The van der Waals surface area contributed by atoms with E-state index in [1.807, 2.05) is 48.5 Å². The van der Waals surface area contributed by atoms with Crippen LogP contribution in [0.4, 0.5) is 5.69 Å². The van der Waals surface area contributed by atoms with Crippen molar-refractivity contribution in [3.8, 4) is 0 Å². The molecule has 0 spiro atoms. The molecule has 3 N–H and O–H groups in total. The zero-order chi connectivity index (χ0) is 22.2. The van der Waals surface area contributed by atoms with Crippen molar-refractivity contribution in [3.05, 3.63) is 65.7 Å². The molecule has 2 aromatic rings. The van der Waals surface area contributed by atoms with Crippen molar-refractivity contribution >= 4 is 23.5 Å². The monoisotopic (exact) mass is 425 g/mol. The topological polar surface area (TPSA) is 98.9 Å². The maximum Gasteiger partial charge on any atom is 0.370 e. The number of para-hydroxylation sites is 1. The first-order valence-electron chi connectivity index (χ1n) is 10.6. The molecule has 1 heterocycles. The molecule has 0 aliphatic carbocycles. The summed E-state index contributed by atoms with van der Waals surface area (Å²) in [6, 6.07) is 16.1. The van der Waals surface area contributed by atoms with Gasteiger partial charge in [-0.25, -0.2) is 4.79 Å². The average Bonchev–Trinajstić information content (AvgIpc) is 2.89. The van der Waals surface area contributed by atoms with Gasteiger partial charge in [-0.1, -0.05) is 48.5 Å². The summed E-state index contributed by atoms with van der Waals surface area (Å²) in [7, 11) is 0. The van der Waals surface area contributed by atoms with Gasteiger partial charge in [0.2, 0.25) is 12.2 Å². The highest BCUT2D eigenvalue weighted by molar-refractivity contribution is 5.81. The Kier molecular flexibility index (Phi) is 7.78. The van der Waals surface area contributed by atoms with E-state index < -0.39 is 18.1 Å². The quantitative estimate of drug-likeness (QED) is 0.422. The third kappa shape index (κ3) is 5.92. The molecule has 31 heavy (non-hydrogen) atoms. The number of aryl methyl sites for hydroxylation is 2. The number of benzene rings is 2. The van der Waals surface area contributed by atoms with Crippen LogP contribution < -0.4 is 5.32 Å². The van der Waals surface area contributed by atoms with Crippen LogP contribution in [0.15, 0.2) is 54.6 Å². The second kappa shape index (κ2) is 10.7. The van der Waals surface area contributed by atoms with Gasteiger partial charge in [0, 0.05) is 11.6 Å². The Bertz CT molecular complexity index is 942. The van der Waals surface area contributed by atoms with E-state index in [-0.39, 0.29) is 25.0 Å². The fraction of sp³-hybridized carbons (Fsp3) is 0.375. The van der Waals surface area contributed by atoms with Gasteiger partial charge < -0.3 is 14.9 Å². The van der Waals surface area contributed by atoms with Crippen LogP contribution in [0.3, 0.4) is 0 Å². The van der Waals surface area contributed by atoms with E-state index in [1.165, 1.54) is 4.58 Å². The molecule has 0 radical (unpaired) electrons. The summed E-state index contributed by atoms with van der Waals surface area (Å²) < 4.78 is 6.66. The number of carbonyl (C=O) groups excluding carboxylic acids is 1. The Labute approximate surface area is 182 Å². The lowest BCUT2D eigenvalue weighted by molar-refractivity contribution is -0.442. The number of carboxylic acids is 1. The molecule has 1 unspecified atom stereocenters. The molecule has 1 aliphatic heterocycles.